The molecular formula is C28H35N9S. The molecule has 7 rings (SSSR count). The highest BCUT2D eigenvalue weighted by atomic mass is 32.1. The summed E-state index contributed by atoms with van der Waals surface area (Å²) in [5.74, 6) is 0.488. The summed E-state index contributed by atoms with van der Waals surface area (Å²) in [6.45, 7) is 4.70. The molecule has 0 unspecified atom stereocenters. The molecule has 9 nitrogen and oxygen atoms in total. The number of nitrogens with one attached hydrogen (secondary N) is 1. The zero-order valence-electron chi connectivity index (χ0n) is 21.9. The fraction of sp³-hybridized carbons (Fsp3) is 0.500. The maximum absolute atomic E-state index is 6.40. The topological polar surface area (TPSA) is 101 Å². The number of piperazine rings is 1. The lowest BCUT2D eigenvalue weighted by Gasteiger charge is -2.41. The first-order valence-electron chi connectivity index (χ1n) is 13.9. The fourth-order valence-corrected chi connectivity index (χ4v) is 7.46. The number of benzene rings is 1. The molecule has 4 heterocycles. The van der Waals surface area contributed by atoms with Crippen LogP contribution in [-0.4, -0.2) is 73.8 Å². The van der Waals surface area contributed by atoms with Crippen molar-refractivity contribution in [2.75, 3.05) is 44.3 Å². The van der Waals surface area contributed by atoms with Crippen molar-refractivity contribution in [1.29, 1.82) is 0 Å². The maximum atomic E-state index is 6.40. The van der Waals surface area contributed by atoms with Gasteiger partial charge in [-0.3, -0.25) is 4.90 Å². The van der Waals surface area contributed by atoms with Crippen LogP contribution in [-0.2, 0) is 12.8 Å². The highest BCUT2D eigenvalue weighted by Gasteiger charge is 2.30. The van der Waals surface area contributed by atoms with E-state index in [9.17, 15) is 0 Å². The number of anilines is 3. The van der Waals surface area contributed by atoms with Crippen LogP contribution in [0.15, 0.2) is 30.6 Å². The van der Waals surface area contributed by atoms with Crippen LogP contribution in [0, 0.1) is 0 Å². The van der Waals surface area contributed by atoms with Gasteiger partial charge in [0.25, 0.3) is 0 Å². The quantitative estimate of drug-likeness (QED) is 0.390. The Morgan fingerprint density at radius 3 is 2.47 bits per heavy atom. The van der Waals surface area contributed by atoms with E-state index in [1.807, 2.05) is 0 Å². The normalized spacial score (nSPS) is 22.7. The van der Waals surface area contributed by atoms with Crippen LogP contribution in [0.1, 0.15) is 48.7 Å². The Labute approximate surface area is 227 Å². The van der Waals surface area contributed by atoms with Gasteiger partial charge >= 0.3 is 0 Å². The summed E-state index contributed by atoms with van der Waals surface area (Å²) in [5.41, 5.74) is 11.4. The molecule has 1 saturated heterocycles. The molecule has 0 radical (unpaired) electrons. The number of nitrogens with two attached hydrogens (primary N) is 1. The van der Waals surface area contributed by atoms with Gasteiger partial charge in [0.1, 0.15) is 17.8 Å². The van der Waals surface area contributed by atoms with Gasteiger partial charge in [0, 0.05) is 48.3 Å². The SMILES string of the molecule is CN1CCN([C@H]2CC[C@@H](n3nc(-c4ccc(Nc5nc6c(s5)CCC6)cc4)c4c(N)ncnc43)CC2)CC1. The Kier molecular flexibility index (Phi) is 6.25. The van der Waals surface area contributed by atoms with Crippen LogP contribution in [0.3, 0.4) is 0 Å². The molecule has 10 heteroatoms. The zero-order valence-corrected chi connectivity index (χ0v) is 22.8. The fourth-order valence-electron chi connectivity index (χ4n) is 6.39. The van der Waals surface area contributed by atoms with Crippen LogP contribution >= 0.6 is 11.3 Å². The van der Waals surface area contributed by atoms with Crippen LogP contribution in [0.4, 0.5) is 16.6 Å². The molecule has 0 atom stereocenters. The highest BCUT2D eigenvalue weighted by molar-refractivity contribution is 7.15. The van der Waals surface area contributed by atoms with E-state index in [4.69, 9.17) is 15.8 Å². The Bertz CT molecular complexity index is 1410. The number of hydrogen-bond donors (Lipinski definition) is 2. The first-order chi connectivity index (χ1) is 18.6. The molecule has 4 aromatic rings. The number of aromatic nitrogens is 5. The second kappa shape index (κ2) is 9.91. The van der Waals surface area contributed by atoms with Gasteiger partial charge in [0.2, 0.25) is 0 Å². The summed E-state index contributed by atoms with van der Waals surface area (Å²) in [7, 11) is 2.22. The van der Waals surface area contributed by atoms with Crippen molar-refractivity contribution in [3.8, 4) is 11.3 Å². The van der Waals surface area contributed by atoms with Gasteiger partial charge in [-0.25, -0.2) is 19.6 Å². The average Bonchev–Trinajstić information content (AvgIpc) is 3.64. The van der Waals surface area contributed by atoms with Crippen molar-refractivity contribution < 1.29 is 0 Å². The summed E-state index contributed by atoms with van der Waals surface area (Å²) in [4.78, 5) is 20.3. The Morgan fingerprint density at radius 1 is 0.947 bits per heavy atom. The minimum absolute atomic E-state index is 0.331. The van der Waals surface area contributed by atoms with Gasteiger partial charge in [0.05, 0.1) is 17.1 Å². The third-order valence-electron chi connectivity index (χ3n) is 8.59. The molecule has 2 aliphatic carbocycles. The molecule has 2 fully saturated rings. The van der Waals surface area contributed by atoms with Crippen molar-refractivity contribution in [2.45, 2.75) is 57.0 Å². The molecule has 3 aromatic heterocycles. The lowest BCUT2D eigenvalue weighted by Crippen LogP contribution is -2.49. The minimum Gasteiger partial charge on any atom is -0.383 e. The van der Waals surface area contributed by atoms with Crippen molar-refractivity contribution in [1.82, 2.24) is 34.5 Å². The zero-order chi connectivity index (χ0) is 25.6. The van der Waals surface area contributed by atoms with E-state index < -0.39 is 0 Å². The van der Waals surface area contributed by atoms with E-state index in [0.717, 1.165) is 58.8 Å². The predicted molar refractivity (Wildman–Crippen MR) is 153 cm³/mol. The Balaban J connectivity index is 1.11. The van der Waals surface area contributed by atoms with Crippen molar-refractivity contribution in [2.24, 2.45) is 0 Å². The third kappa shape index (κ3) is 4.44. The molecule has 38 heavy (non-hydrogen) atoms. The van der Waals surface area contributed by atoms with Gasteiger partial charge < -0.3 is 16.0 Å². The van der Waals surface area contributed by atoms with Gasteiger partial charge in [-0.1, -0.05) is 12.1 Å². The van der Waals surface area contributed by atoms with E-state index >= 15 is 0 Å². The molecule has 0 bridgehead atoms. The Hall–Kier alpha value is -3.08. The van der Waals surface area contributed by atoms with Gasteiger partial charge in [-0.15, -0.1) is 11.3 Å². The third-order valence-corrected chi connectivity index (χ3v) is 9.66. The molecule has 3 aliphatic rings. The largest absolute Gasteiger partial charge is 0.383 e. The summed E-state index contributed by atoms with van der Waals surface area (Å²) in [5, 5.41) is 10.4. The number of thiazole rings is 1. The Morgan fingerprint density at radius 2 is 1.71 bits per heavy atom. The second-order valence-electron chi connectivity index (χ2n) is 11.0. The summed E-state index contributed by atoms with van der Waals surface area (Å²) in [6.07, 6.45) is 9.67. The molecular weight excluding hydrogens is 494 g/mol. The minimum atomic E-state index is 0.331. The highest BCUT2D eigenvalue weighted by Crippen LogP contribution is 2.38. The van der Waals surface area contributed by atoms with E-state index in [-0.39, 0.29) is 0 Å². The van der Waals surface area contributed by atoms with E-state index in [1.54, 1.807) is 17.7 Å². The molecule has 1 saturated carbocycles. The maximum Gasteiger partial charge on any atom is 0.187 e. The number of nitrogen functional groups attached to an aromatic ring is 1. The van der Waals surface area contributed by atoms with Crippen molar-refractivity contribution in [3.05, 3.63) is 41.2 Å². The molecule has 0 spiro atoms. The van der Waals surface area contributed by atoms with Crippen LogP contribution < -0.4 is 11.1 Å². The lowest BCUT2D eigenvalue weighted by molar-refractivity contribution is 0.0815. The molecule has 1 aromatic carbocycles. The van der Waals surface area contributed by atoms with Gasteiger partial charge in [-0.05, 0) is 64.1 Å². The molecule has 1 aliphatic heterocycles. The number of nitrogens with zero attached hydrogens (tertiary/aromatic N) is 7. The smallest absolute Gasteiger partial charge is 0.187 e. The van der Waals surface area contributed by atoms with Crippen molar-refractivity contribution >= 4 is 39.0 Å². The number of rotatable bonds is 5. The first-order valence-corrected chi connectivity index (χ1v) is 14.7. The molecule has 0 amide bonds. The second-order valence-corrected chi connectivity index (χ2v) is 12.1. The standard InChI is InChI=1S/C28H35N9S/c1-35-13-15-36(16-14-35)20-9-11-21(12-10-20)37-27-24(26(29)30-17-31-27)25(34-37)18-5-7-19(8-6-18)32-28-33-22-3-2-4-23(22)38-28/h5-8,17,20-21H,2-4,9-16H2,1H3,(H,32,33)(H2,29,30,31)/t20-,21+. The van der Waals surface area contributed by atoms with Crippen molar-refractivity contribution in [3.63, 3.8) is 0 Å². The molecule has 198 valence electrons. The van der Waals surface area contributed by atoms with Gasteiger partial charge in [0.15, 0.2) is 10.8 Å². The van der Waals surface area contributed by atoms with E-state index in [1.165, 1.54) is 56.0 Å². The van der Waals surface area contributed by atoms with E-state index in [0.29, 0.717) is 17.9 Å². The first kappa shape index (κ1) is 24.0. The average molecular weight is 530 g/mol. The molecule has 3 N–H and O–H groups in total. The summed E-state index contributed by atoms with van der Waals surface area (Å²) in [6, 6.07) is 9.40. The van der Waals surface area contributed by atoms with Crippen LogP contribution in [0.5, 0.6) is 0 Å². The predicted octanol–water partition coefficient (Wildman–Crippen LogP) is 4.50. The van der Waals surface area contributed by atoms with Crippen LogP contribution in [0.2, 0.25) is 0 Å². The van der Waals surface area contributed by atoms with Crippen LogP contribution in [0.25, 0.3) is 22.3 Å². The summed E-state index contributed by atoms with van der Waals surface area (Å²) < 4.78 is 2.13. The number of fused-ring (bicyclic) bond motifs is 2. The number of aryl methyl sites for hydroxylation is 2. The lowest BCUT2D eigenvalue weighted by atomic mass is 9.90. The summed E-state index contributed by atoms with van der Waals surface area (Å²) >= 11 is 1.77. The number of hydrogen-bond acceptors (Lipinski definition) is 9. The van der Waals surface area contributed by atoms with Gasteiger partial charge in [-0.2, -0.15) is 5.10 Å². The monoisotopic (exact) mass is 529 g/mol. The van der Waals surface area contributed by atoms with E-state index in [2.05, 4.69) is 61.1 Å². The number of likely N-dealkylation sites (N-methyl/N-ethyl adjacent to an activating group) is 1.